The van der Waals surface area contributed by atoms with Crippen molar-refractivity contribution in [1.82, 2.24) is 20.2 Å². The molecular formula is C25H30N9O9S2+. The van der Waals surface area contributed by atoms with Gasteiger partial charge in [-0.05, 0) is 25.3 Å². The smallest absolute Gasteiger partial charge is 0.352 e. The molecule has 4 rings (SSSR count). The quantitative estimate of drug-likeness (QED) is 0.0432. The number of carboxylic acid groups (broad SMARTS) is 3. The zero-order chi connectivity index (χ0) is 33.1. The van der Waals surface area contributed by atoms with Gasteiger partial charge < -0.3 is 42.3 Å². The van der Waals surface area contributed by atoms with E-state index in [4.69, 9.17) is 21.4 Å². The summed E-state index contributed by atoms with van der Waals surface area (Å²) in [5.74, 6) is -4.83. The fraction of sp³-hybridized carbons (Fsp3) is 0.400. The Morgan fingerprint density at radius 2 is 1.98 bits per heavy atom. The van der Waals surface area contributed by atoms with Crippen molar-refractivity contribution in [3.8, 4) is 0 Å². The van der Waals surface area contributed by atoms with E-state index in [-0.39, 0.29) is 41.1 Å². The Morgan fingerprint density at radius 1 is 1.24 bits per heavy atom. The van der Waals surface area contributed by atoms with Gasteiger partial charge in [-0.15, -0.1) is 23.1 Å². The molecule has 0 aromatic carbocycles. The zero-order valence-corrected chi connectivity index (χ0v) is 25.6. The van der Waals surface area contributed by atoms with Crippen molar-refractivity contribution in [2.75, 3.05) is 29.1 Å². The first-order chi connectivity index (χ1) is 21.2. The van der Waals surface area contributed by atoms with Gasteiger partial charge >= 0.3 is 17.9 Å². The number of hydrogen-bond donors (Lipinski definition) is 7. The van der Waals surface area contributed by atoms with Crippen LogP contribution in [-0.2, 0) is 35.4 Å². The van der Waals surface area contributed by atoms with Gasteiger partial charge in [0.15, 0.2) is 10.8 Å². The summed E-state index contributed by atoms with van der Waals surface area (Å²) >= 11 is 2.24. The number of nitrogen functional groups attached to an aromatic ring is 2. The van der Waals surface area contributed by atoms with E-state index < -0.39 is 52.5 Å². The van der Waals surface area contributed by atoms with Crippen molar-refractivity contribution in [3.63, 3.8) is 0 Å². The minimum absolute atomic E-state index is 0.00519. The van der Waals surface area contributed by atoms with Gasteiger partial charge in [0.25, 0.3) is 24.0 Å². The minimum atomic E-state index is -1.79. The molecule has 0 aliphatic carbocycles. The van der Waals surface area contributed by atoms with E-state index in [2.05, 4.69) is 25.8 Å². The number of amides is 2. The second-order valence-corrected chi connectivity index (χ2v) is 12.3. The molecule has 0 unspecified atom stereocenters. The monoisotopic (exact) mass is 664 g/mol. The summed E-state index contributed by atoms with van der Waals surface area (Å²) in [4.78, 5) is 75.3. The molecule has 2 atom stereocenters. The summed E-state index contributed by atoms with van der Waals surface area (Å²) < 4.78 is 1.58. The normalized spacial score (nSPS) is 18.1. The van der Waals surface area contributed by atoms with Gasteiger partial charge in [-0.3, -0.25) is 19.3 Å². The van der Waals surface area contributed by atoms with Crippen molar-refractivity contribution in [2.45, 2.75) is 50.3 Å². The van der Waals surface area contributed by atoms with E-state index in [0.29, 0.717) is 24.2 Å². The number of nitrogens with zero attached hydrogens (tertiary/aromatic N) is 5. The van der Waals surface area contributed by atoms with E-state index in [1.54, 1.807) is 10.8 Å². The van der Waals surface area contributed by atoms with E-state index in [0.717, 1.165) is 16.2 Å². The number of thiazole rings is 1. The molecule has 18 nitrogen and oxygen atoms in total. The number of nitrogens with two attached hydrogens (primary N) is 2. The van der Waals surface area contributed by atoms with E-state index in [1.807, 2.05) is 0 Å². The highest BCUT2D eigenvalue weighted by Crippen LogP contribution is 2.40. The highest BCUT2D eigenvalue weighted by molar-refractivity contribution is 8.00. The molecule has 0 radical (unpaired) electrons. The van der Waals surface area contributed by atoms with Gasteiger partial charge in [0, 0.05) is 29.7 Å². The highest BCUT2D eigenvalue weighted by Gasteiger charge is 2.54. The maximum Gasteiger partial charge on any atom is 0.352 e. The predicted octanol–water partition coefficient (Wildman–Crippen LogP) is -0.711. The molecule has 240 valence electrons. The number of carbonyl (C=O) groups excluding carboxylic acids is 2. The third-order valence-electron chi connectivity index (χ3n) is 6.57. The Hall–Kier alpha value is -4.98. The highest BCUT2D eigenvalue weighted by atomic mass is 32.2. The largest absolute Gasteiger partial charge is 0.481 e. The van der Waals surface area contributed by atoms with Crippen LogP contribution in [0.5, 0.6) is 0 Å². The number of hydrogen-bond acceptors (Lipinski definition) is 14. The molecule has 0 bridgehead atoms. The Morgan fingerprint density at radius 3 is 2.60 bits per heavy atom. The standard InChI is InChI=1S/C25H29N9O9S2/c1-25(2,23(41)42)43-32-15(13-9-45-24(27)30-13)19(37)31-16-20(38)34-17(22(39)40)11(8-44-21(16)34)6-33-7-12(18(26)29-10-33)28-5-3-4-14(35)36/h7,9-10,16,21,26,28H,3-6,8H2,1-2H3,(H6,27,30,31,35,36,37,39,40,41,42)/p+1/b32-15-/t16-,21-/m1/s1. The molecule has 1 fully saturated rings. The third kappa shape index (κ3) is 7.40. The molecule has 9 N–H and O–H groups in total. The number of aliphatic carboxylic acids is 3. The van der Waals surface area contributed by atoms with E-state index >= 15 is 0 Å². The maximum atomic E-state index is 13.3. The fourth-order valence-electron chi connectivity index (χ4n) is 4.19. The summed E-state index contributed by atoms with van der Waals surface area (Å²) in [7, 11) is 0. The Labute approximate surface area is 263 Å². The molecule has 2 aromatic rings. The van der Waals surface area contributed by atoms with Crippen LogP contribution in [-0.4, -0.2) is 94.9 Å². The summed E-state index contributed by atoms with van der Waals surface area (Å²) in [5.41, 5.74) is 9.99. The van der Waals surface area contributed by atoms with Crippen LogP contribution in [0.2, 0.25) is 0 Å². The summed E-state index contributed by atoms with van der Waals surface area (Å²) in [6, 6.07) is -1.13. The molecule has 20 heteroatoms. The summed E-state index contributed by atoms with van der Waals surface area (Å²) in [6.45, 7) is 2.83. The van der Waals surface area contributed by atoms with Gasteiger partial charge in [-0.1, -0.05) is 5.16 Å². The molecule has 0 saturated carbocycles. The lowest BCUT2D eigenvalue weighted by atomic mass is 10.0. The molecule has 2 aliphatic heterocycles. The van der Waals surface area contributed by atoms with Gasteiger partial charge in [0.05, 0.1) is 0 Å². The number of fused-ring (bicyclic) bond motifs is 1. The van der Waals surface area contributed by atoms with Crippen molar-refractivity contribution >= 4 is 75.2 Å². The molecular weight excluding hydrogens is 634 g/mol. The second-order valence-electron chi connectivity index (χ2n) is 10.3. The van der Waals surface area contributed by atoms with Gasteiger partial charge in [0.2, 0.25) is 5.60 Å². The van der Waals surface area contributed by atoms with E-state index in [1.165, 1.54) is 37.3 Å². The van der Waals surface area contributed by atoms with Crippen molar-refractivity contribution in [2.24, 2.45) is 5.16 Å². The lowest BCUT2D eigenvalue weighted by molar-refractivity contribution is -0.691. The minimum Gasteiger partial charge on any atom is -0.481 e. The number of aromatic nitrogens is 3. The molecule has 45 heavy (non-hydrogen) atoms. The maximum absolute atomic E-state index is 13.3. The van der Waals surface area contributed by atoms with Crippen molar-refractivity contribution in [3.05, 3.63) is 34.9 Å². The third-order valence-corrected chi connectivity index (χ3v) is 8.58. The lowest BCUT2D eigenvalue weighted by Gasteiger charge is -2.49. The predicted molar refractivity (Wildman–Crippen MR) is 160 cm³/mol. The first-order valence-corrected chi connectivity index (χ1v) is 15.1. The van der Waals surface area contributed by atoms with Crippen LogP contribution < -0.4 is 26.7 Å². The first-order valence-electron chi connectivity index (χ1n) is 13.2. The van der Waals surface area contributed by atoms with Crippen LogP contribution in [0.4, 0.5) is 16.6 Å². The Kier molecular flexibility index (Phi) is 9.76. The Bertz CT molecular complexity index is 1610. The number of anilines is 3. The van der Waals surface area contributed by atoms with Crippen LogP contribution >= 0.6 is 23.1 Å². The molecule has 2 aromatic heterocycles. The van der Waals surface area contributed by atoms with Crippen molar-refractivity contribution < 1.29 is 48.7 Å². The van der Waals surface area contributed by atoms with Crippen LogP contribution in [0, 0.1) is 0 Å². The van der Waals surface area contributed by atoms with Crippen LogP contribution in [0.1, 0.15) is 32.4 Å². The molecule has 0 spiro atoms. The van der Waals surface area contributed by atoms with Gasteiger partial charge in [0.1, 0.15) is 41.2 Å². The molecule has 2 amide bonds. The van der Waals surface area contributed by atoms with Gasteiger partial charge in [-0.25, -0.2) is 19.1 Å². The van der Waals surface area contributed by atoms with Crippen molar-refractivity contribution in [1.29, 1.82) is 0 Å². The number of carboxylic acids is 3. The lowest BCUT2D eigenvalue weighted by Crippen LogP contribution is -2.71. The number of carbonyl (C=O) groups is 5. The van der Waals surface area contributed by atoms with Crippen LogP contribution in [0.25, 0.3) is 0 Å². The molecule has 1 saturated heterocycles. The zero-order valence-electron chi connectivity index (χ0n) is 23.9. The number of rotatable bonds is 14. The number of thioether (sulfide) groups is 1. The fourth-order valence-corrected chi connectivity index (χ4v) is 6.07. The van der Waals surface area contributed by atoms with Gasteiger partial charge in [-0.2, -0.15) is 0 Å². The summed E-state index contributed by atoms with van der Waals surface area (Å²) in [5, 5.41) is 38.2. The first kappa shape index (κ1) is 32.9. The number of β-lactam (4-membered cyclic amide) rings is 1. The molecule has 2 aliphatic rings. The number of nitrogens with one attached hydrogen (secondary N) is 2. The number of oxime groups is 1. The average molecular weight is 665 g/mol. The summed E-state index contributed by atoms with van der Waals surface area (Å²) in [6.07, 6.45) is 3.33. The Balaban J connectivity index is 1.51. The van der Waals surface area contributed by atoms with Crippen LogP contribution in [0.3, 0.4) is 0 Å². The average Bonchev–Trinajstić information content (AvgIpc) is 3.40. The topological polar surface area (TPSA) is 277 Å². The SMILES string of the molecule is CC(C)(O/N=C(\C(=O)N[C@@H]1C(=O)N2C(C(=O)O)=C(C[n+]3cnc(N)c(NCCCC(=O)O)c3)CS[C@H]12)c1csc(N)n1)C(=O)O. The second kappa shape index (κ2) is 13.3. The van der Waals surface area contributed by atoms with E-state index in [9.17, 15) is 34.2 Å². The van der Waals surface area contributed by atoms with Crippen LogP contribution in [0.15, 0.2) is 34.3 Å². The molecule has 4 heterocycles.